The second-order valence-electron chi connectivity index (χ2n) is 4.37. The summed E-state index contributed by atoms with van der Waals surface area (Å²) in [5.41, 5.74) is 4.82. The number of nitrogens with two attached hydrogens (primary N) is 1. The maximum Gasteiger partial charge on any atom is 0.241 e. The molecule has 0 unspecified atom stereocenters. The van der Waals surface area contributed by atoms with E-state index < -0.39 is 15.6 Å². The van der Waals surface area contributed by atoms with E-state index >= 15 is 0 Å². The van der Waals surface area contributed by atoms with Gasteiger partial charge in [-0.3, -0.25) is 0 Å². The zero-order chi connectivity index (χ0) is 13.1. The number of hydrogen-bond acceptors (Lipinski definition) is 4. The van der Waals surface area contributed by atoms with Crippen molar-refractivity contribution in [1.82, 2.24) is 4.72 Å². The second kappa shape index (κ2) is 5.03. The number of benzene rings is 1. The largest absolute Gasteiger partial charge is 0.497 e. The fraction of sp³-hybridized carbons (Fsp3) is 0.455. The Labute approximate surface area is 102 Å². The third kappa shape index (κ3) is 3.69. The first-order chi connectivity index (χ1) is 7.80. The molecule has 17 heavy (non-hydrogen) atoms. The first-order valence-electron chi connectivity index (χ1n) is 5.19. The molecule has 0 heterocycles. The highest BCUT2D eigenvalue weighted by Crippen LogP contribution is 2.18. The monoisotopic (exact) mass is 258 g/mol. The van der Waals surface area contributed by atoms with Gasteiger partial charge in [-0.1, -0.05) is 6.07 Å². The molecule has 96 valence electrons. The Balaban J connectivity index is 3.05. The fourth-order valence-corrected chi connectivity index (χ4v) is 2.69. The summed E-state index contributed by atoms with van der Waals surface area (Å²) in [6, 6.07) is 6.29. The number of hydrogen-bond donors (Lipinski definition) is 2. The summed E-state index contributed by atoms with van der Waals surface area (Å²) in [4.78, 5) is 0.165. The molecule has 5 nitrogen and oxygen atoms in total. The highest BCUT2D eigenvalue weighted by molar-refractivity contribution is 7.89. The number of sulfonamides is 1. The van der Waals surface area contributed by atoms with Crippen molar-refractivity contribution in [2.24, 2.45) is 5.73 Å². The van der Waals surface area contributed by atoms with Gasteiger partial charge in [-0.25, -0.2) is 13.1 Å². The maximum absolute atomic E-state index is 12.1. The molecule has 0 aliphatic carbocycles. The Morgan fingerprint density at radius 3 is 2.59 bits per heavy atom. The van der Waals surface area contributed by atoms with E-state index in [1.54, 1.807) is 26.0 Å². The Bertz CT molecular complexity index is 483. The van der Waals surface area contributed by atoms with E-state index in [2.05, 4.69) is 4.72 Å². The van der Waals surface area contributed by atoms with Gasteiger partial charge in [-0.05, 0) is 26.0 Å². The summed E-state index contributed by atoms with van der Waals surface area (Å²) in [7, 11) is -2.08. The van der Waals surface area contributed by atoms with E-state index in [0.29, 0.717) is 5.75 Å². The third-order valence-electron chi connectivity index (χ3n) is 2.27. The predicted octanol–water partition coefficient (Wildman–Crippen LogP) is 0.711. The lowest BCUT2D eigenvalue weighted by atomic mass is 10.1. The summed E-state index contributed by atoms with van der Waals surface area (Å²) in [6.45, 7) is 3.67. The summed E-state index contributed by atoms with van der Waals surface area (Å²) in [6.07, 6.45) is 0. The molecular formula is C11H18N2O3S. The molecule has 0 bridgehead atoms. The first-order valence-corrected chi connectivity index (χ1v) is 6.67. The molecule has 0 aliphatic rings. The Hall–Kier alpha value is -1.11. The summed E-state index contributed by atoms with van der Waals surface area (Å²) in [5.74, 6) is 0.499. The SMILES string of the molecule is COc1cccc(S(=O)(=O)NC(C)(C)CN)c1. The van der Waals surface area contributed by atoms with Gasteiger partial charge in [0.2, 0.25) is 10.0 Å². The third-order valence-corrected chi connectivity index (χ3v) is 3.97. The Morgan fingerprint density at radius 1 is 1.41 bits per heavy atom. The molecule has 0 radical (unpaired) electrons. The van der Waals surface area contributed by atoms with Crippen molar-refractivity contribution in [3.63, 3.8) is 0 Å². The average molecular weight is 258 g/mol. The van der Waals surface area contributed by atoms with Crippen LogP contribution in [0.3, 0.4) is 0 Å². The molecule has 0 amide bonds. The van der Waals surface area contributed by atoms with E-state index in [-0.39, 0.29) is 11.4 Å². The smallest absolute Gasteiger partial charge is 0.241 e. The lowest BCUT2D eigenvalue weighted by molar-refractivity contribution is 0.413. The number of ether oxygens (including phenoxy) is 1. The van der Waals surface area contributed by atoms with Crippen LogP contribution in [0.1, 0.15) is 13.8 Å². The Kier molecular flexibility index (Phi) is 4.13. The molecule has 6 heteroatoms. The van der Waals surface area contributed by atoms with Gasteiger partial charge in [-0.2, -0.15) is 0 Å². The lowest BCUT2D eigenvalue weighted by Gasteiger charge is -2.23. The van der Waals surface area contributed by atoms with Crippen molar-refractivity contribution in [2.45, 2.75) is 24.3 Å². The molecule has 0 saturated heterocycles. The van der Waals surface area contributed by atoms with Gasteiger partial charge < -0.3 is 10.5 Å². The number of nitrogens with one attached hydrogen (secondary N) is 1. The molecular weight excluding hydrogens is 240 g/mol. The standard InChI is InChI=1S/C11H18N2O3S/c1-11(2,8-12)13-17(14,15)10-6-4-5-9(7-10)16-3/h4-7,13H,8,12H2,1-3H3. The van der Waals surface area contributed by atoms with Gasteiger partial charge in [0.15, 0.2) is 0 Å². The molecule has 3 N–H and O–H groups in total. The van der Waals surface area contributed by atoms with Crippen molar-refractivity contribution < 1.29 is 13.2 Å². The fourth-order valence-electron chi connectivity index (χ4n) is 1.23. The van der Waals surface area contributed by atoms with E-state index in [4.69, 9.17) is 10.5 Å². The van der Waals surface area contributed by atoms with Gasteiger partial charge in [0.05, 0.1) is 12.0 Å². The van der Waals surface area contributed by atoms with Crippen LogP contribution >= 0.6 is 0 Å². The van der Waals surface area contributed by atoms with E-state index in [1.165, 1.54) is 19.2 Å². The molecule has 1 aromatic rings. The van der Waals surface area contributed by atoms with Crippen LogP contribution in [-0.2, 0) is 10.0 Å². The van der Waals surface area contributed by atoms with E-state index in [1.807, 2.05) is 0 Å². The van der Waals surface area contributed by atoms with Gasteiger partial charge in [0.1, 0.15) is 5.75 Å². The number of rotatable bonds is 5. The minimum atomic E-state index is -3.57. The van der Waals surface area contributed by atoms with Crippen LogP contribution < -0.4 is 15.2 Å². The van der Waals surface area contributed by atoms with Crippen LogP contribution in [0.4, 0.5) is 0 Å². The highest BCUT2D eigenvalue weighted by atomic mass is 32.2. The quantitative estimate of drug-likeness (QED) is 0.815. The van der Waals surface area contributed by atoms with Crippen molar-refractivity contribution >= 4 is 10.0 Å². The van der Waals surface area contributed by atoms with Crippen molar-refractivity contribution in [3.8, 4) is 5.75 Å². The van der Waals surface area contributed by atoms with Crippen LogP contribution in [0.25, 0.3) is 0 Å². The summed E-state index contributed by atoms with van der Waals surface area (Å²) < 4.78 is 31.6. The van der Waals surface area contributed by atoms with Crippen LogP contribution in [0.5, 0.6) is 5.75 Å². The highest BCUT2D eigenvalue weighted by Gasteiger charge is 2.24. The first kappa shape index (κ1) is 14.0. The zero-order valence-corrected chi connectivity index (χ0v) is 11.0. The summed E-state index contributed by atoms with van der Waals surface area (Å²) in [5, 5.41) is 0. The van der Waals surface area contributed by atoms with E-state index in [0.717, 1.165) is 0 Å². The maximum atomic E-state index is 12.1. The van der Waals surface area contributed by atoms with Crippen molar-refractivity contribution in [2.75, 3.05) is 13.7 Å². The van der Waals surface area contributed by atoms with Gasteiger partial charge in [0.25, 0.3) is 0 Å². The molecule has 1 rings (SSSR count). The minimum absolute atomic E-state index is 0.165. The van der Waals surface area contributed by atoms with Gasteiger partial charge in [0, 0.05) is 18.2 Å². The minimum Gasteiger partial charge on any atom is -0.497 e. The molecule has 0 fully saturated rings. The zero-order valence-electron chi connectivity index (χ0n) is 10.2. The van der Waals surface area contributed by atoms with Gasteiger partial charge >= 0.3 is 0 Å². The van der Waals surface area contributed by atoms with Crippen LogP contribution in [0.15, 0.2) is 29.2 Å². The average Bonchev–Trinajstić information content (AvgIpc) is 2.28. The molecule has 0 atom stereocenters. The molecule has 0 aromatic heterocycles. The van der Waals surface area contributed by atoms with Crippen LogP contribution in [-0.4, -0.2) is 27.6 Å². The molecule has 1 aromatic carbocycles. The van der Waals surface area contributed by atoms with Crippen LogP contribution in [0.2, 0.25) is 0 Å². The molecule has 0 saturated carbocycles. The second-order valence-corrected chi connectivity index (χ2v) is 6.05. The summed E-state index contributed by atoms with van der Waals surface area (Å²) >= 11 is 0. The predicted molar refractivity (Wildman–Crippen MR) is 66.4 cm³/mol. The van der Waals surface area contributed by atoms with Crippen molar-refractivity contribution in [3.05, 3.63) is 24.3 Å². The van der Waals surface area contributed by atoms with Gasteiger partial charge in [-0.15, -0.1) is 0 Å². The lowest BCUT2D eigenvalue weighted by Crippen LogP contribution is -2.48. The Morgan fingerprint density at radius 2 is 2.06 bits per heavy atom. The topological polar surface area (TPSA) is 81.4 Å². The number of methoxy groups -OCH3 is 1. The molecule has 0 spiro atoms. The van der Waals surface area contributed by atoms with Crippen molar-refractivity contribution in [1.29, 1.82) is 0 Å². The molecule has 0 aliphatic heterocycles. The van der Waals surface area contributed by atoms with E-state index in [9.17, 15) is 8.42 Å². The normalized spacial score (nSPS) is 12.5. The van der Waals surface area contributed by atoms with Crippen LogP contribution in [0, 0.1) is 0 Å².